The number of aryl methyl sites for hydroxylation is 1. The van der Waals surface area contributed by atoms with E-state index in [0.717, 1.165) is 42.6 Å². The predicted molar refractivity (Wildman–Crippen MR) is 117 cm³/mol. The summed E-state index contributed by atoms with van der Waals surface area (Å²) in [6.45, 7) is 6.83. The third-order valence-corrected chi connectivity index (χ3v) is 5.43. The largest absolute Gasteiger partial charge is 0.366 e. The topological polar surface area (TPSA) is 48.0 Å². The summed E-state index contributed by atoms with van der Waals surface area (Å²) in [6.07, 6.45) is 4.03. The number of nitrogens with zero attached hydrogens (tertiary/aromatic N) is 1. The van der Waals surface area contributed by atoms with Gasteiger partial charge in [-0.1, -0.05) is 61.7 Å². The first-order chi connectivity index (χ1) is 13.9. The zero-order chi connectivity index (χ0) is 21.0. The number of hydrogen-bond donors (Lipinski definition) is 1. The van der Waals surface area contributed by atoms with Crippen LogP contribution in [0.3, 0.4) is 0 Å². The van der Waals surface area contributed by atoms with E-state index in [1.807, 2.05) is 19.1 Å². The van der Waals surface area contributed by atoms with Crippen molar-refractivity contribution in [2.45, 2.75) is 53.0 Å². The number of nitrogens with two attached hydrogens (primary N) is 1. The molecule has 0 unspecified atom stereocenters. The molecule has 0 saturated heterocycles. The number of carbonyl (C=O) groups is 1. The Bertz CT molecular complexity index is 1020. The first-order valence-electron chi connectivity index (χ1n) is 10.3. The maximum atomic E-state index is 14.0. The molecule has 2 aromatic carbocycles. The number of amides is 1. The van der Waals surface area contributed by atoms with Crippen LogP contribution in [0.5, 0.6) is 0 Å². The summed E-state index contributed by atoms with van der Waals surface area (Å²) < 4.78 is 16.2. The highest BCUT2D eigenvalue weighted by Crippen LogP contribution is 2.35. The van der Waals surface area contributed by atoms with E-state index in [-0.39, 0.29) is 5.82 Å². The standard InChI is InChI=1S/C25H29FN2O/c1-4-5-6-13-22-24(20-11-8-12-21(26)15-20)23(25(27)29)18(3)28(22)16-19-10-7-9-17(2)14-19/h7-12,14-15H,4-6,13,16H2,1-3H3,(H2,27,29). The molecule has 0 aliphatic rings. The fourth-order valence-corrected chi connectivity index (χ4v) is 4.06. The summed E-state index contributed by atoms with van der Waals surface area (Å²) in [6, 6.07) is 14.8. The first kappa shape index (κ1) is 20.8. The number of rotatable bonds is 8. The lowest BCUT2D eigenvalue weighted by Gasteiger charge is -2.14. The number of primary amides is 1. The van der Waals surface area contributed by atoms with Gasteiger partial charge < -0.3 is 10.3 Å². The zero-order valence-electron chi connectivity index (χ0n) is 17.5. The highest BCUT2D eigenvalue weighted by molar-refractivity contribution is 6.02. The zero-order valence-corrected chi connectivity index (χ0v) is 17.5. The molecule has 0 bridgehead atoms. The van der Waals surface area contributed by atoms with E-state index < -0.39 is 5.91 Å². The van der Waals surface area contributed by atoms with Crippen LogP contribution in [0.2, 0.25) is 0 Å². The Balaban J connectivity index is 2.20. The summed E-state index contributed by atoms with van der Waals surface area (Å²) in [5, 5.41) is 0. The molecule has 4 heteroatoms. The third kappa shape index (κ3) is 4.58. The Kier molecular flexibility index (Phi) is 6.53. The van der Waals surface area contributed by atoms with Crippen LogP contribution in [0.4, 0.5) is 4.39 Å². The number of benzene rings is 2. The van der Waals surface area contributed by atoms with Gasteiger partial charge in [-0.25, -0.2) is 4.39 Å². The molecule has 3 nitrogen and oxygen atoms in total. The smallest absolute Gasteiger partial charge is 0.251 e. The van der Waals surface area contributed by atoms with Gasteiger partial charge in [0, 0.05) is 23.5 Å². The highest BCUT2D eigenvalue weighted by atomic mass is 19.1. The van der Waals surface area contributed by atoms with Crippen molar-refractivity contribution in [2.24, 2.45) is 5.73 Å². The van der Waals surface area contributed by atoms with E-state index in [1.165, 1.54) is 23.3 Å². The van der Waals surface area contributed by atoms with Gasteiger partial charge in [-0.15, -0.1) is 0 Å². The van der Waals surface area contributed by atoms with Crippen molar-refractivity contribution in [1.82, 2.24) is 4.57 Å². The second-order valence-corrected chi connectivity index (χ2v) is 7.69. The molecule has 29 heavy (non-hydrogen) atoms. The van der Waals surface area contributed by atoms with Gasteiger partial charge in [0.2, 0.25) is 0 Å². The van der Waals surface area contributed by atoms with Gasteiger partial charge in [-0.05, 0) is 49.9 Å². The number of halogens is 1. The van der Waals surface area contributed by atoms with E-state index in [1.54, 1.807) is 6.07 Å². The molecule has 0 aliphatic carbocycles. The Morgan fingerprint density at radius 2 is 1.83 bits per heavy atom. The van der Waals surface area contributed by atoms with E-state index in [2.05, 4.69) is 36.6 Å². The van der Waals surface area contributed by atoms with E-state index >= 15 is 0 Å². The van der Waals surface area contributed by atoms with Gasteiger partial charge >= 0.3 is 0 Å². The molecule has 3 aromatic rings. The van der Waals surface area contributed by atoms with Gasteiger partial charge in [0.05, 0.1) is 5.56 Å². The molecule has 1 aromatic heterocycles. The van der Waals surface area contributed by atoms with Gasteiger partial charge in [-0.3, -0.25) is 4.79 Å². The molecule has 3 rings (SSSR count). The Labute approximate surface area is 172 Å². The molecular formula is C25H29FN2O. The monoisotopic (exact) mass is 392 g/mol. The van der Waals surface area contributed by atoms with Gasteiger partial charge in [0.25, 0.3) is 5.91 Å². The van der Waals surface area contributed by atoms with Gasteiger partial charge in [-0.2, -0.15) is 0 Å². The highest BCUT2D eigenvalue weighted by Gasteiger charge is 2.24. The molecule has 0 fully saturated rings. The summed E-state index contributed by atoms with van der Waals surface area (Å²) in [5.74, 6) is -0.789. The van der Waals surface area contributed by atoms with E-state index in [9.17, 15) is 9.18 Å². The molecule has 1 heterocycles. The lowest BCUT2D eigenvalue weighted by Crippen LogP contribution is -2.13. The average Bonchev–Trinajstić information content (AvgIpc) is 2.94. The molecule has 0 spiro atoms. The van der Waals surface area contributed by atoms with Crippen LogP contribution >= 0.6 is 0 Å². The van der Waals surface area contributed by atoms with Crippen molar-refractivity contribution >= 4 is 5.91 Å². The molecule has 0 saturated carbocycles. The minimum absolute atomic E-state index is 0.318. The fraction of sp³-hybridized carbons (Fsp3) is 0.320. The molecular weight excluding hydrogens is 363 g/mol. The van der Waals surface area contributed by atoms with Crippen LogP contribution in [0.15, 0.2) is 48.5 Å². The maximum absolute atomic E-state index is 14.0. The van der Waals surface area contributed by atoms with Crippen molar-refractivity contribution < 1.29 is 9.18 Å². The Morgan fingerprint density at radius 1 is 1.07 bits per heavy atom. The van der Waals surface area contributed by atoms with Crippen LogP contribution in [-0.2, 0) is 13.0 Å². The summed E-state index contributed by atoms with van der Waals surface area (Å²) in [5.41, 5.74) is 12.0. The SMILES string of the molecule is CCCCCc1c(-c2cccc(F)c2)c(C(N)=O)c(C)n1Cc1cccc(C)c1. The van der Waals surface area contributed by atoms with Gasteiger partial charge in [0.15, 0.2) is 0 Å². The van der Waals surface area contributed by atoms with Crippen LogP contribution in [-0.4, -0.2) is 10.5 Å². The summed E-state index contributed by atoms with van der Waals surface area (Å²) in [7, 11) is 0. The molecule has 0 atom stereocenters. The Morgan fingerprint density at radius 3 is 2.48 bits per heavy atom. The summed E-state index contributed by atoms with van der Waals surface area (Å²) in [4.78, 5) is 12.4. The Hall–Kier alpha value is -2.88. The molecule has 2 N–H and O–H groups in total. The van der Waals surface area contributed by atoms with Crippen LogP contribution < -0.4 is 5.73 Å². The first-order valence-corrected chi connectivity index (χ1v) is 10.3. The van der Waals surface area contributed by atoms with Crippen molar-refractivity contribution in [2.75, 3.05) is 0 Å². The van der Waals surface area contributed by atoms with Crippen LogP contribution in [0.1, 0.15) is 59.1 Å². The number of aromatic nitrogens is 1. The number of hydrogen-bond acceptors (Lipinski definition) is 1. The second kappa shape index (κ2) is 9.08. The lowest BCUT2D eigenvalue weighted by molar-refractivity contribution is 0.1000. The average molecular weight is 393 g/mol. The second-order valence-electron chi connectivity index (χ2n) is 7.69. The summed E-state index contributed by atoms with van der Waals surface area (Å²) >= 11 is 0. The van der Waals surface area contributed by atoms with Gasteiger partial charge in [0.1, 0.15) is 5.82 Å². The maximum Gasteiger partial charge on any atom is 0.251 e. The minimum atomic E-state index is -0.471. The van der Waals surface area contributed by atoms with E-state index in [4.69, 9.17) is 5.73 Å². The predicted octanol–water partition coefficient (Wildman–Crippen LogP) is 5.79. The molecule has 1 amide bonds. The van der Waals surface area contributed by atoms with Crippen molar-refractivity contribution in [3.05, 3.63) is 82.4 Å². The molecule has 152 valence electrons. The van der Waals surface area contributed by atoms with Crippen molar-refractivity contribution in [1.29, 1.82) is 0 Å². The van der Waals surface area contributed by atoms with E-state index in [0.29, 0.717) is 17.7 Å². The van der Waals surface area contributed by atoms with Crippen molar-refractivity contribution in [3.63, 3.8) is 0 Å². The molecule has 0 radical (unpaired) electrons. The lowest BCUT2D eigenvalue weighted by atomic mass is 9.97. The van der Waals surface area contributed by atoms with Crippen LogP contribution in [0.25, 0.3) is 11.1 Å². The number of unbranched alkanes of at least 4 members (excludes halogenated alkanes) is 2. The molecule has 0 aliphatic heterocycles. The normalized spacial score (nSPS) is 11.0. The third-order valence-electron chi connectivity index (χ3n) is 5.43. The van der Waals surface area contributed by atoms with Crippen LogP contribution in [0, 0.1) is 19.7 Å². The fourth-order valence-electron chi connectivity index (χ4n) is 4.06. The minimum Gasteiger partial charge on any atom is -0.366 e. The number of carbonyl (C=O) groups excluding carboxylic acids is 1. The van der Waals surface area contributed by atoms with Crippen molar-refractivity contribution in [3.8, 4) is 11.1 Å². The quantitative estimate of drug-likeness (QED) is 0.485.